The van der Waals surface area contributed by atoms with E-state index in [1.807, 2.05) is 0 Å². The van der Waals surface area contributed by atoms with E-state index >= 15 is 0 Å². The Kier molecular flexibility index (Phi) is 6.27. The molecule has 1 aromatic carbocycles. The molecule has 2 nitrogen and oxygen atoms in total. The summed E-state index contributed by atoms with van der Waals surface area (Å²) in [5.41, 5.74) is 3.17. The van der Waals surface area contributed by atoms with E-state index in [0.717, 1.165) is 13.0 Å². The van der Waals surface area contributed by atoms with Crippen LogP contribution in [0.3, 0.4) is 0 Å². The molecule has 1 saturated heterocycles. The molecule has 2 rings (SSSR count). The second kappa shape index (κ2) is 7.81. The van der Waals surface area contributed by atoms with Crippen LogP contribution in [0, 0.1) is 5.92 Å². The summed E-state index contributed by atoms with van der Waals surface area (Å²) < 4.78 is 5.95. The van der Waals surface area contributed by atoms with Crippen molar-refractivity contribution in [3.63, 3.8) is 0 Å². The van der Waals surface area contributed by atoms with Crippen LogP contribution in [-0.2, 0) is 16.6 Å². The maximum atomic E-state index is 5.95. The number of nitrogens with one attached hydrogen (secondary N) is 1. The molecule has 0 aromatic heterocycles. The molecule has 0 saturated carbocycles. The Morgan fingerprint density at radius 1 is 1.22 bits per heavy atom. The van der Waals surface area contributed by atoms with Crippen LogP contribution in [0.2, 0.25) is 0 Å². The molecule has 1 heterocycles. The first-order chi connectivity index (χ1) is 10.8. The van der Waals surface area contributed by atoms with E-state index in [4.69, 9.17) is 4.74 Å². The minimum Gasteiger partial charge on any atom is -0.373 e. The Bertz CT molecular complexity index is 479. The zero-order valence-electron chi connectivity index (χ0n) is 15.9. The molecule has 23 heavy (non-hydrogen) atoms. The molecule has 0 spiro atoms. The molecule has 0 amide bonds. The van der Waals surface area contributed by atoms with Crippen molar-refractivity contribution in [2.24, 2.45) is 5.92 Å². The molecule has 1 N–H and O–H groups in total. The third-order valence-electron chi connectivity index (χ3n) is 5.54. The fourth-order valence-electron chi connectivity index (χ4n) is 3.48. The average molecular weight is 318 g/mol. The van der Waals surface area contributed by atoms with Gasteiger partial charge in [0.1, 0.15) is 0 Å². The quantitative estimate of drug-likeness (QED) is 0.820. The zero-order valence-corrected chi connectivity index (χ0v) is 15.9. The Balaban J connectivity index is 1.89. The minimum atomic E-state index is 0.277. The smallest absolute Gasteiger partial charge is 0.0704 e. The van der Waals surface area contributed by atoms with Crippen LogP contribution < -0.4 is 5.32 Å². The number of hydrogen-bond donors (Lipinski definition) is 1. The number of rotatable bonds is 6. The van der Waals surface area contributed by atoms with Gasteiger partial charge in [-0.05, 0) is 55.6 Å². The standard InChI is InChI=1S/C21H35NO/c1-7-21(5,6)19-10-8-18(9-11-19)12-15(2)13-20-17(4)23-16(3)14-22-20/h8-11,15-17,20,22H,7,12-14H2,1-6H3. The van der Waals surface area contributed by atoms with Gasteiger partial charge in [-0.3, -0.25) is 0 Å². The minimum absolute atomic E-state index is 0.277. The number of benzene rings is 1. The van der Waals surface area contributed by atoms with Crippen molar-refractivity contribution in [2.45, 2.75) is 84.5 Å². The first-order valence-electron chi connectivity index (χ1n) is 9.30. The molecular formula is C21H35NO. The third kappa shape index (κ3) is 5.06. The highest BCUT2D eigenvalue weighted by Gasteiger charge is 2.26. The summed E-state index contributed by atoms with van der Waals surface area (Å²) in [7, 11) is 0. The van der Waals surface area contributed by atoms with Gasteiger partial charge in [-0.1, -0.05) is 52.0 Å². The monoisotopic (exact) mass is 317 g/mol. The van der Waals surface area contributed by atoms with Gasteiger partial charge < -0.3 is 10.1 Å². The Labute approximate surface area is 143 Å². The van der Waals surface area contributed by atoms with E-state index in [9.17, 15) is 0 Å². The SMILES string of the molecule is CCC(C)(C)c1ccc(CC(C)CC2NCC(C)OC2C)cc1. The van der Waals surface area contributed by atoms with Gasteiger partial charge in [0.15, 0.2) is 0 Å². The van der Waals surface area contributed by atoms with Crippen LogP contribution >= 0.6 is 0 Å². The summed E-state index contributed by atoms with van der Waals surface area (Å²) >= 11 is 0. The Morgan fingerprint density at radius 3 is 2.43 bits per heavy atom. The summed E-state index contributed by atoms with van der Waals surface area (Å²) in [6.07, 6.45) is 4.15. The van der Waals surface area contributed by atoms with Crippen molar-refractivity contribution in [3.8, 4) is 0 Å². The van der Waals surface area contributed by atoms with Crippen molar-refractivity contribution < 1.29 is 4.74 Å². The summed E-state index contributed by atoms with van der Waals surface area (Å²) in [5.74, 6) is 0.664. The molecule has 1 aromatic rings. The molecule has 1 aliphatic rings. The lowest BCUT2D eigenvalue weighted by Crippen LogP contribution is -2.51. The van der Waals surface area contributed by atoms with Crippen molar-refractivity contribution in [2.75, 3.05) is 6.54 Å². The average Bonchev–Trinajstić information content (AvgIpc) is 2.50. The van der Waals surface area contributed by atoms with E-state index in [1.165, 1.54) is 24.0 Å². The van der Waals surface area contributed by atoms with Crippen LogP contribution in [-0.4, -0.2) is 24.8 Å². The normalized spacial score (nSPS) is 27.0. The fraction of sp³-hybridized carbons (Fsp3) is 0.714. The topological polar surface area (TPSA) is 21.3 Å². The zero-order chi connectivity index (χ0) is 17.0. The Morgan fingerprint density at radius 2 is 1.87 bits per heavy atom. The van der Waals surface area contributed by atoms with E-state index in [1.54, 1.807) is 0 Å². The van der Waals surface area contributed by atoms with Crippen molar-refractivity contribution >= 4 is 0 Å². The van der Waals surface area contributed by atoms with Gasteiger partial charge in [-0.2, -0.15) is 0 Å². The molecule has 2 heteroatoms. The first kappa shape index (κ1) is 18.5. The van der Waals surface area contributed by atoms with Gasteiger partial charge in [0.2, 0.25) is 0 Å². The van der Waals surface area contributed by atoms with Gasteiger partial charge in [0, 0.05) is 12.6 Å². The molecule has 0 aliphatic carbocycles. The summed E-state index contributed by atoms with van der Waals surface area (Å²) in [5, 5.41) is 3.65. The maximum absolute atomic E-state index is 5.95. The predicted octanol–water partition coefficient (Wildman–Crippen LogP) is 4.71. The number of ether oxygens (including phenoxy) is 1. The van der Waals surface area contributed by atoms with Crippen molar-refractivity contribution in [3.05, 3.63) is 35.4 Å². The first-order valence-corrected chi connectivity index (χ1v) is 9.30. The summed E-state index contributed by atoms with van der Waals surface area (Å²) in [4.78, 5) is 0. The van der Waals surface area contributed by atoms with E-state index in [0.29, 0.717) is 24.2 Å². The summed E-state index contributed by atoms with van der Waals surface area (Å²) in [6.45, 7) is 14.6. The molecular weight excluding hydrogens is 282 g/mol. The second-order valence-electron chi connectivity index (χ2n) is 8.15. The van der Waals surface area contributed by atoms with Crippen LogP contribution in [0.15, 0.2) is 24.3 Å². The molecule has 1 aliphatic heterocycles. The van der Waals surface area contributed by atoms with Gasteiger partial charge in [0.25, 0.3) is 0 Å². The van der Waals surface area contributed by atoms with Crippen LogP contribution in [0.1, 0.15) is 65.5 Å². The third-order valence-corrected chi connectivity index (χ3v) is 5.54. The lowest BCUT2D eigenvalue weighted by Gasteiger charge is -2.35. The van der Waals surface area contributed by atoms with Crippen LogP contribution in [0.5, 0.6) is 0 Å². The largest absolute Gasteiger partial charge is 0.373 e. The predicted molar refractivity (Wildman–Crippen MR) is 99.0 cm³/mol. The van der Waals surface area contributed by atoms with Crippen molar-refractivity contribution in [1.82, 2.24) is 5.32 Å². The van der Waals surface area contributed by atoms with Crippen LogP contribution in [0.4, 0.5) is 0 Å². The second-order valence-corrected chi connectivity index (χ2v) is 8.15. The molecule has 4 atom stereocenters. The molecule has 0 radical (unpaired) electrons. The van der Waals surface area contributed by atoms with Gasteiger partial charge in [-0.25, -0.2) is 0 Å². The number of hydrogen-bond acceptors (Lipinski definition) is 2. The van der Waals surface area contributed by atoms with Gasteiger partial charge >= 0.3 is 0 Å². The van der Waals surface area contributed by atoms with E-state index < -0.39 is 0 Å². The highest BCUT2D eigenvalue weighted by molar-refractivity contribution is 5.28. The van der Waals surface area contributed by atoms with Crippen molar-refractivity contribution in [1.29, 1.82) is 0 Å². The highest BCUT2D eigenvalue weighted by atomic mass is 16.5. The molecule has 4 unspecified atom stereocenters. The lowest BCUT2D eigenvalue weighted by molar-refractivity contribution is -0.0481. The fourth-order valence-corrected chi connectivity index (χ4v) is 3.48. The highest BCUT2D eigenvalue weighted by Crippen LogP contribution is 2.27. The number of morpholine rings is 1. The van der Waals surface area contributed by atoms with E-state index in [2.05, 4.69) is 71.1 Å². The molecule has 0 bridgehead atoms. The summed E-state index contributed by atoms with van der Waals surface area (Å²) in [6, 6.07) is 9.76. The van der Waals surface area contributed by atoms with Gasteiger partial charge in [-0.15, -0.1) is 0 Å². The van der Waals surface area contributed by atoms with Gasteiger partial charge in [0.05, 0.1) is 12.2 Å². The molecule has 1 fully saturated rings. The Hall–Kier alpha value is -0.860. The maximum Gasteiger partial charge on any atom is 0.0704 e. The molecule has 130 valence electrons. The van der Waals surface area contributed by atoms with E-state index in [-0.39, 0.29) is 5.41 Å². The lowest BCUT2D eigenvalue weighted by atomic mass is 9.81. The van der Waals surface area contributed by atoms with Crippen LogP contribution in [0.25, 0.3) is 0 Å².